The van der Waals surface area contributed by atoms with Gasteiger partial charge in [-0.15, -0.1) is 12.4 Å². The Labute approximate surface area is 127 Å². The monoisotopic (exact) mass is 307 g/mol. The quantitative estimate of drug-likeness (QED) is 0.937. The summed E-state index contributed by atoms with van der Waals surface area (Å²) in [4.78, 5) is 8.48. The number of hydrogen-bond donors (Lipinski definition) is 1. The molecule has 2 N–H and O–H groups in total. The fourth-order valence-corrected chi connectivity index (χ4v) is 2.14. The third kappa shape index (κ3) is 2.41. The van der Waals surface area contributed by atoms with Gasteiger partial charge in [-0.3, -0.25) is 5.73 Å². The minimum Gasteiger partial charge on any atom is -0.493 e. The van der Waals surface area contributed by atoms with Crippen LogP contribution < -0.4 is 15.2 Å². The largest absolute Gasteiger partial charge is 0.493 e. The van der Waals surface area contributed by atoms with Crippen molar-refractivity contribution in [2.75, 3.05) is 14.2 Å². The van der Waals surface area contributed by atoms with E-state index in [1.54, 1.807) is 38.6 Å². The molecular weight excluding hydrogens is 294 g/mol. The van der Waals surface area contributed by atoms with Crippen LogP contribution in [0.4, 0.5) is 0 Å². The van der Waals surface area contributed by atoms with Crippen LogP contribution in [0.3, 0.4) is 0 Å². The molecule has 0 amide bonds. The van der Waals surface area contributed by atoms with E-state index in [9.17, 15) is 0 Å². The lowest BCUT2D eigenvalue weighted by atomic mass is 10.0. The number of benzene rings is 1. The number of nitrogens with zero attached hydrogens (tertiary/aromatic N) is 4. The minimum atomic E-state index is -1.07. The molecular formula is C13H14ClN5O2. The molecule has 0 aliphatic carbocycles. The van der Waals surface area contributed by atoms with Gasteiger partial charge in [0, 0.05) is 17.7 Å². The van der Waals surface area contributed by atoms with Crippen LogP contribution in [0.25, 0.3) is 10.9 Å². The van der Waals surface area contributed by atoms with Gasteiger partial charge >= 0.3 is 0 Å². The molecule has 1 aromatic carbocycles. The zero-order chi connectivity index (χ0) is 14.2. The fraction of sp³-hybridized carbons (Fsp3) is 0.231. The van der Waals surface area contributed by atoms with Crippen molar-refractivity contribution in [3.63, 3.8) is 0 Å². The first-order chi connectivity index (χ1) is 9.68. The molecule has 2 heterocycles. The van der Waals surface area contributed by atoms with Crippen LogP contribution in [0.2, 0.25) is 0 Å². The topological polar surface area (TPSA) is 95.0 Å². The smallest absolute Gasteiger partial charge is 0.193 e. The molecule has 1 aliphatic rings. The van der Waals surface area contributed by atoms with E-state index in [-0.39, 0.29) is 12.4 Å². The van der Waals surface area contributed by atoms with Crippen LogP contribution in [-0.4, -0.2) is 24.2 Å². The van der Waals surface area contributed by atoms with Crippen molar-refractivity contribution < 1.29 is 9.47 Å². The first kappa shape index (κ1) is 15.1. The summed E-state index contributed by atoms with van der Waals surface area (Å²) in [6.07, 6.45) is 4.68. The number of fused-ring (bicyclic) bond motifs is 1. The zero-order valence-electron chi connectivity index (χ0n) is 11.5. The summed E-state index contributed by atoms with van der Waals surface area (Å²) in [5.74, 6) is 1.18. The average molecular weight is 308 g/mol. The normalized spacial score (nSPS) is 19.6. The number of rotatable bonds is 3. The first-order valence-electron chi connectivity index (χ1n) is 5.94. The Morgan fingerprint density at radius 2 is 1.81 bits per heavy atom. The molecule has 21 heavy (non-hydrogen) atoms. The van der Waals surface area contributed by atoms with Gasteiger partial charge in [-0.05, 0) is 12.1 Å². The van der Waals surface area contributed by atoms with Crippen LogP contribution in [0.5, 0.6) is 11.5 Å². The highest BCUT2D eigenvalue weighted by Crippen LogP contribution is 2.36. The van der Waals surface area contributed by atoms with Gasteiger partial charge in [0.2, 0.25) is 0 Å². The van der Waals surface area contributed by atoms with Gasteiger partial charge in [-0.2, -0.15) is 10.2 Å². The number of aromatic nitrogens is 2. The summed E-state index contributed by atoms with van der Waals surface area (Å²) in [7, 11) is 3.14. The third-order valence-electron chi connectivity index (χ3n) is 3.14. The maximum absolute atomic E-state index is 6.20. The Morgan fingerprint density at radius 1 is 1.10 bits per heavy atom. The molecule has 0 bridgehead atoms. The van der Waals surface area contributed by atoms with Gasteiger partial charge in [0.15, 0.2) is 17.2 Å². The van der Waals surface area contributed by atoms with Gasteiger partial charge < -0.3 is 9.47 Å². The summed E-state index contributed by atoms with van der Waals surface area (Å²) >= 11 is 0. The molecule has 0 saturated carbocycles. The second-order valence-electron chi connectivity index (χ2n) is 4.30. The summed E-state index contributed by atoms with van der Waals surface area (Å²) in [5, 5.41) is 8.56. The molecule has 0 spiro atoms. The molecule has 0 saturated heterocycles. The number of hydrogen-bond acceptors (Lipinski definition) is 7. The van der Waals surface area contributed by atoms with Crippen LogP contribution in [0, 0.1) is 0 Å². The van der Waals surface area contributed by atoms with Crippen LogP contribution in [0.1, 0.15) is 5.69 Å². The number of nitrogens with two attached hydrogens (primary N) is 1. The number of methoxy groups -OCH3 is 2. The molecule has 2 aromatic rings. The third-order valence-corrected chi connectivity index (χ3v) is 3.14. The summed E-state index contributed by atoms with van der Waals surface area (Å²) in [6.45, 7) is 0. The van der Waals surface area contributed by atoms with Gasteiger partial charge in [0.1, 0.15) is 6.33 Å². The highest BCUT2D eigenvalue weighted by Gasteiger charge is 2.31. The molecule has 1 atom stereocenters. The van der Waals surface area contributed by atoms with E-state index in [4.69, 9.17) is 15.2 Å². The van der Waals surface area contributed by atoms with E-state index in [0.29, 0.717) is 22.7 Å². The van der Waals surface area contributed by atoms with Gasteiger partial charge in [-0.25, -0.2) is 9.97 Å². The van der Waals surface area contributed by atoms with Gasteiger partial charge in [0.05, 0.1) is 25.4 Å². The molecule has 1 aliphatic heterocycles. The molecule has 7 nitrogen and oxygen atoms in total. The van der Waals surface area contributed by atoms with Gasteiger partial charge in [-0.1, -0.05) is 0 Å². The van der Waals surface area contributed by atoms with Crippen molar-refractivity contribution in [1.82, 2.24) is 9.97 Å². The fourth-order valence-electron chi connectivity index (χ4n) is 2.14. The van der Waals surface area contributed by atoms with E-state index < -0.39 is 5.66 Å². The highest BCUT2D eigenvalue weighted by atomic mass is 35.5. The second kappa shape index (κ2) is 5.63. The second-order valence-corrected chi connectivity index (χ2v) is 4.30. The lowest BCUT2D eigenvalue weighted by molar-refractivity contribution is 0.355. The Morgan fingerprint density at radius 3 is 2.43 bits per heavy atom. The van der Waals surface area contributed by atoms with Gasteiger partial charge in [0.25, 0.3) is 0 Å². The zero-order valence-corrected chi connectivity index (χ0v) is 12.3. The van der Waals surface area contributed by atoms with E-state index in [1.165, 1.54) is 6.33 Å². The first-order valence-corrected chi connectivity index (χ1v) is 5.94. The van der Waals surface area contributed by atoms with Crippen molar-refractivity contribution >= 4 is 23.3 Å². The maximum atomic E-state index is 6.20. The number of halogens is 1. The molecule has 0 radical (unpaired) electrons. The number of ether oxygens (including phenoxy) is 2. The van der Waals surface area contributed by atoms with E-state index in [1.807, 2.05) is 0 Å². The van der Waals surface area contributed by atoms with Crippen LogP contribution >= 0.6 is 12.4 Å². The van der Waals surface area contributed by atoms with E-state index in [0.717, 1.165) is 5.39 Å². The molecule has 1 aromatic heterocycles. The average Bonchev–Trinajstić information content (AvgIpc) is 2.92. The molecule has 0 fully saturated rings. The Kier molecular flexibility index (Phi) is 4.06. The van der Waals surface area contributed by atoms with E-state index in [2.05, 4.69) is 20.2 Å². The van der Waals surface area contributed by atoms with Crippen molar-refractivity contribution in [1.29, 1.82) is 0 Å². The molecule has 8 heteroatoms. The van der Waals surface area contributed by atoms with Crippen molar-refractivity contribution in [3.05, 3.63) is 36.4 Å². The molecule has 1 unspecified atom stereocenters. The van der Waals surface area contributed by atoms with Crippen molar-refractivity contribution in [3.8, 4) is 11.5 Å². The van der Waals surface area contributed by atoms with Crippen LogP contribution in [-0.2, 0) is 5.66 Å². The number of azo groups is 1. The summed E-state index contributed by atoms with van der Waals surface area (Å²) in [6, 6.07) is 3.57. The predicted molar refractivity (Wildman–Crippen MR) is 79.8 cm³/mol. The summed E-state index contributed by atoms with van der Waals surface area (Å²) in [5.41, 5.74) is 6.40. The van der Waals surface area contributed by atoms with Crippen molar-refractivity contribution in [2.45, 2.75) is 5.66 Å². The Hall–Kier alpha value is -2.25. The predicted octanol–water partition coefficient (Wildman–Crippen LogP) is 2.16. The van der Waals surface area contributed by atoms with Crippen molar-refractivity contribution in [2.24, 2.45) is 16.0 Å². The SMILES string of the molecule is COc1cc2ncnc(C3(N)C=CN=N3)c2cc1OC.Cl. The Bertz CT molecular complexity index is 720. The molecule has 3 rings (SSSR count). The lowest BCUT2D eigenvalue weighted by Crippen LogP contribution is -2.31. The minimum absolute atomic E-state index is 0. The maximum Gasteiger partial charge on any atom is 0.193 e. The summed E-state index contributed by atoms with van der Waals surface area (Å²) < 4.78 is 10.6. The Balaban J connectivity index is 0.00000161. The highest BCUT2D eigenvalue weighted by molar-refractivity contribution is 5.86. The standard InChI is InChI=1S/C13H13N5O2.ClH/c1-19-10-5-8-9(6-11(10)20-2)15-7-16-12(8)13(14)3-4-17-18-13;/h3-7H,14H2,1-2H3;1H. The lowest BCUT2D eigenvalue weighted by Gasteiger charge is -2.18. The van der Waals surface area contributed by atoms with E-state index >= 15 is 0 Å². The van der Waals surface area contributed by atoms with Crippen LogP contribution in [0.15, 0.2) is 41.0 Å². The molecule has 110 valence electrons.